The largest absolute Gasteiger partial charge is 0.381 e. The molecule has 0 aromatic carbocycles. The molecule has 0 aromatic rings. The van der Waals surface area contributed by atoms with Crippen LogP contribution in [0.1, 0.15) is 26.7 Å². The zero-order valence-electron chi connectivity index (χ0n) is 17.0. The van der Waals surface area contributed by atoms with Gasteiger partial charge in [-0.05, 0) is 33.7 Å². The van der Waals surface area contributed by atoms with E-state index in [1.54, 1.807) is 0 Å². The van der Waals surface area contributed by atoms with Gasteiger partial charge in [0.2, 0.25) is 0 Å². The van der Waals surface area contributed by atoms with E-state index in [1.807, 2.05) is 0 Å². The fourth-order valence-electron chi connectivity index (χ4n) is 3.29. The van der Waals surface area contributed by atoms with Crippen LogP contribution in [0.25, 0.3) is 0 Å². The smallest absolute Gasteiger partial charge is 0.191 e. The van der Waals surface area contributed by atoms with Crippen molar-refractivity contribution in [3.8, 4) is 0 Å². The first kappa shape index (κ1) is 21.4. The molecule has 0 amide bonds. The van der Waals surface area contributed by atoms with Crippen LogP contribution in [0.5, 0.6) is 0 Å². The second kappa shape index (κ2) is 12.5. The Morgan fingerprint density at radius 2 is 2.08 bits per heavy atom. The van der Waals surface area contributed by atoms with Crippen molar-refractivity contribution < 1.29 is 9.47 Å². The number of piperazine rings is 1. The molecule has 0 spiro atoms. The lowest BCUT2D eigenvalue weighted by molar-refractivity contribution is 0.0888. The fraction of sp³-hybridized carbons (Fsp3) is 0.947. The van der Waals surface area contributed by atoms with Gasteiger partial charge in [0.25, 0.3) is 0 Å². The second-order valence-corrected chi connectivity index (χ2v) is 7.49. The summed E-state index contributed by atoms with van der Waals surface area (Å²) in [5.41, 5.74) is 0. The van der Waals surface area contributed by atoms with Crippen LogP contribution in [-0.2, 0) is 9.47 Å². The summed E-state index contributed by atoms with van der Waals surface area (Å²) in [5, 5.41) is 6.76. The van der Waals surface area contributed by atoms with Crippen LogP contribution in [0, 0.1) is 5.92 Å². The fourth-order valence-corrected chi connectivity index (χ4v) is 3.29. The Balaban J connectivity index is 1.59. The van der Waals surface area contributed by atoms with Crippen LogP contribution < -0.4 is 10.6 Å². The van der Waals surface area contributed by atoms with Gasteiger partial charge in [-0.1, -0.05) is 0 Å². The predicted molar refractivity (Wildman–Crippen MR) is 107 cm³/mol. The third-order valence-electron chi connectivity index (χ3n) is 5.15. The first-order chi connectivity index (χ1) is 12.7. The van der Waals surface area contributed by atoms with Gasteiger partial charge in [0.05, 0.1) is 19.8 Å². The molecule has 0 aliphatic carbocycles. The highest BCUT2D eigenvalue weighted by molar-refractivity contribution is 5.79. The minimum Gasteiger partial charge on any atom is -0.381 e. The van der Waals surface area contributed by atoms with Gasteiger partial charge in [-0.25, -0.2) is 0 Å². The summed E-state index contributed by atoms with van der Waals surface area (Å²) < 4.78 is 11.1. The van der Waals surface area contributed by atoms with Gasteiger partial charge in [0, 0.05) is 64.4 Å². The van der Waals surface area contributed by atoms with Crippen LogP contribution in [-0.4, -0.2) is 101 Å². The van der Waals surface area contributed by atoms with Gasteiger partial charge in [0.1, 0.15) is 0 Å². The third kappa shape index (κ3) is 8.20. The molecular weight excluding hydrogens is 330 g/mol. The number of likely N-dealkylation sites (N-methyl/N-ethyl adjacent to an activating group) is 1. The zero-order chi connectivity index (χ0) is 18.6. The number of hydrogen-bond acceptors (Lipinski definition) is 5. The maximum Gasteiger partial charge on any atom is 0.191 e. The highest BCUT2D eigenvalue weighted by atomic mass is 16.5. The van der Waals surface area contributed by atoms with Crippen LogP contribution in [0.15, 0.2) is 4.99 Å². The van der Waals surface area contributed by atoms with Gasteiger partial charge in [-0.15, -0.1) is 0 Å². The summed E-state index contributed by atoms with van der Waals surface area (Å²) >= 11 is 0. The first-order valence-electron chi connectivity index (χ1n) is 10.3. The molecule has 0 aromatic heterocycles. The molecule has 152 valence electrons. The minimum atomic E-state index is 0.483. The summed E-state index contributed by atoms with van der Waals surface area (Å²) in [6, 6.07) is 0.483. The quantitative estimate of drug-likeness (QED) is 0.334. The maximum absolute atomic E-state index is 5.75. The highest BCUT2D eigenvalue weighted by Gasteiger charge is 2.18. The van der Waals surface area contributed by atoms with E-state index >= 15 is 0 Å². The standard InChI is InChI=1S/C19H39N5O2/c1-4-20-19(21-7-5-12-25-15-18-6-13-26-16-18)22-14-17(2)24-10-8-23(3)9-11-24/h17-18H,4-16H2,1-3H3,(H2,20,21,22). The lowest BCUT2D eigenvalue weighted by atomic mass is 10.1. The van der Waals surface area contributed by atoms with Crippen molar-refractivity contribution in [3.63, 3.8) is 0 Å². The van der Waals surface area contributed by atoms with Crippen LogP contribution in [0.2, 0.25) is 0 Å². The lowest BCUT2D eigenvalue weighted by Gasteiger charge is -2.35. The Kier molecular flexibility index (Phi) is 10.3. The van der Waals surface area contributed by atoms with Crippen LogP contribution in [0.4, 0.5) is 0 Å². The number of nitrogens with one attached hydrogen (secondary N) is 2. The van der Waals surface area contributed by atoms with E-state index in [-0.39, 0.29) is 0 Å². The van der Waals surface area contributed by atoms with E-state index in [2.05, 4.69) is 41.3 Å². The molecule has 0 bridgehead atoms. The van der Waals surface area contributed by atoms with Gasteiger partial charge < -0.3 is 25.0 Å². The number of aliphatic imine (C=N–C) groups is 1. The molecule has 2 fully saturated rings. The SMILES string of the molecule is CCNC(=NCC(C)N1CCN(C)CC1)NCCCOCC1CCOC1. The van der Waals surface area contributed by atoms with Crippen molar-refractivity contribution in [3.05, 3.63) is 0 Å². The van der Waals surface area contributed by atoms with Crippen LogP contribution >= 0.6 is 0 Å². The molecule has 2 aliphatic rings. The average Bonchev–Trinajstić information content (AvgIpc) is 3.16. The topological polar surface area (TPSA) is 61.4 Å². The summed E-state index contributed by atoms with van der Waals surface area (Å²) in [6.45, 7) is 14.9. The van der Waals surface area contributed by atoms with Gasteiger partial charge in [-0.2, -0.15) is 0 Å². The predicted octanol–water partition coefficient (Wildman–Crippen LogP) is 0.621. The van der Waals surface area contributed by atoms with Crippen molar-refractivity contribution in [2.24, 2.45) is 10.9 Å². The molecule has 2 aliphatic heterocycles. The summed E-state index contributed by atoms with van der Waals surface area (Å²) in [4.78, 5) is 9.69. The van der Waals surface area contributed by atoms with Gasteiger partial charge >= 0.3 is 0 Å². The molecule has 7 nitrogen and oxygen atoms in total. The van der Waals surface area contributed by atoms with Crippen LogP contribution in [0.3, 0.4) is 0 Å². The number of guanidine groups is 1. The molecular formula is C19H39N5O2. The van der Waals surface area contributed by atoms with Crippen molar-refractivity contribution in [2.45, 2.75) is 32.7 Å². The summed E-state index contributed by atoms with van der Waals surface area (Å²) in [7, 11) is 2.19. The van der Waals surface area contributed by atoms with E-state index in [4.69, 9.17) is 14.5 Å². The zero-order valence-corrected chi connectivity index (χ0v) is 17.0. The number of hydrogen-bond donors (Lipinski definition) is 2. The Bertz CT molecular complexity index is 393. The molecule has 0 radical (unpaired) electrons. The number of rotatable bonds is 10. The van der Waals surface area contributed by atoms with E-state index in [0.29, 0.717) is 12.0 Å². The highest BCUT2D eigenvalue weighted by Crippen LogP contribution is 2.12. The molecule has 2 unspecified atom stereocenters. The first-order valence-corrected chi connectivity index (χ1v) is 10.3. The summed E-state index contributed by atoms with van der Waals surface area (Å²) in [6.07, 6.45) is 2.13. The van der Waals surface area contributed by atoms with Gasteiger partial charge in [-0.3, -0.25) is 9.89 Å². The van der Waals surface area contributed by atoms with Crippen molar-refractivity contribution in [1.82, 2.24) is 20.4 Å². The maximum atomic E-state index is 5.75. The molecule has 0 saturated carbocycles. The van der Waals surface area contributed by atoms with E-state index in [1.165, 1.54) is 0 Å². The van der Waals surface area contributed by atoms with E-state index in [0.717, 1.165) is 91.0 Å². The Labute approximate surface area is 159 Å². The summed E-state index contributed by atoms with van der Waals surface area (Å²) in [5.74, 6) is 1.51. The lowest BCUT2D eigenvalue weighted by Crippen LogP contribution is -2.49. The molecule has 2 atom stereocenters. The second-order valence-electron chi connectivity index (χ2n) is 7.49. The molecule has 2 rings (SSSR count). The minimum absolute atomic E-state index is 0.483. The Morgan fingerprint density at radius 1 is 1.27 bits per heavy atom. The monoisotopic (exact) mass is 369 g/mol. The van der Waals surface area contributed by atoms with E-state index < -0.39 is 0 Å². The normalized spacial score (nSPS) is 24.0. The Morgan fingerprint density at radius 3 is 2.77 bits per heavy atom. The van der Waals surface area contributed by atoms with Crippen molar-refractivity contribution in [1.29, 1.82) is 0 Å². The number of nitrogens with zero attached hydrogens (tertiary/aromatic N) is 3. The van der Waals surface area contributed by atoms with Crippen molar-refractivity contribution in [2.75, 3.05) is 79.3 Å². The Hall–Kier alpha value is -0.890. The number of ether oxygens (including phenoxy) is 2. The average molecular weight is 370 g/mol. The molecule has 2 heterocycles. The molecule has 7 heteroatoms. The van der Waals surface area contributed by atoms with Crippen molar-refractivity contribution >= 4 is 5.96 Å². The molecule has 2 N–H and O–H groups in total. The molecule has 26 heavy (non-hydrogen) atoms. The van der Waals surface area contributed by atoms with Gasteiger partial charge in [0.15, 0.2) is 5.96 Å². The molecule has 2 saturated heterocycles. The third-order valence-corrected chi connectivity index (χ3v) is 5.15. The van der Waals surface area contributed by atoms with E-state index in [9.17, 15) is 0 Å².